The summed E-state index contributed by atoms with van der Waals surface area (Å²) in [6, 6.07) is 8.21. The normalized spacial score (nSPS) is 19.9. The summed E-state index contributed by atoms with van der Waals surface area (Å²) in [7, 11) is 1.61. The van der Waals surface area contributed by atoms with Crippen molar-refractivity contribution in [3.63, 3.8) is 0 Å². The predicted molar refractivity (Wildman–Crippen MR) is 78.0 cm³/mol. The van der Waals surface area contributed by atoms with Crippen LogP contribution in [-0.2, 0) is 4.74 Å². The molecular weight excluding hydrogens is 254 g/mol. The van der Waals surface area contributed by atoms with Gasteiger partial charge in [-0.25, -0.2) is 0 Å². The zero-order valence-corrected chi connectivity index (χ0v) is 12.0. The Kier molecular flexibility index (Phi) is 5.22. The molecule has 2 N–H and O–H groups in total. The number of hydrogen-bond acceptors (Lipinski definition) is 5. The molecule has 5 nitrogen and oxygen atoms in total. The third kappa shape index (κ3) is 3.86. The number of methoxy groups -OCH3 is 1. The molecule has 1 aromatic carbocycles. The van der Waals surface area contributed by atoms with E-state index in [4.69, 9.17) is 14.7 Å². The molecule has 1 aromatic rings. The van der Waals surface area contributed by atoms with E-state index >= 15 is 0 Å². The van der Waals surface area contributed by atoms with Gasteiger partial charge in [0.2, 0.25) is 0 Å². The van der Waals surface area contributed by atoms with Crippen LogP contribution in [0.15, 0.2) is 18.2 Å². The van der Waals surface area contributed by atoms with E-state index in [2.05, 4.69) is 23.6 Å². The second-order valence-corrected chi connectivity index (χ2v) is 5.03. The number of nitrogens with one attached hydrogen (secondary N) is 2. The van der Waals surface area contributed by atoms with Gasteiger partial charge in [-0.15, -0.1) is 0 Å². The molecule has 1 fully saturated rings. The lowest BCUT2D eigenvalue weighted by molar-refractivity contribution is 0.0731. The minimum absolute atomic E-state index is 0.288. The zero-order chi connectivity index (χ0) is 14.4. The monoisotopic (exact) mass is 275 g/mol. The van der Waals surface area contributed by atoms with Gasteiger partial charge in [0, 0.05) is 24.7 Å². The summed E-state index contributed by atoms with van der Waals surface area (Å²) in [5.41, 5.74) is 1.51. The molecule has 20 heavy (non-hydrogen) atoms. The molecule has 2 atom stereocenters. The SMILES string of the molecule is COc1cc(C#N)ccc1NC(C)CC1COCCN1. The van der Waals surface area contributed by atoms with Crippen LogP contribution < -0.4 is 15.4 Å². The molecule has 1 aliphatic rings. The number of hydrogen-bond donors (Lipinski definition) is 2. The first kappa shape index (κ1) is 14.6. The van der Waals surface area contributed by atoms with Gasteiger partial charge in [-0.05, 0) is 25.5 Å². The fourth-order valence-corrected chi connectivity index (χ4v) is 2.40. The van der Waals surface area contributed by atoms with E-state index in [9.17, 15) is 0 Å². The maximum absolute atomic E-state index is 8.90. The molecule has 1 aliphatic heterocycles. The number of ether oxygens (including phenoxy) is 2. The molecule has 2 rings (SSSR count). The Bertz CT molecular complexity index is 478. The van der Waals surface area contributed by atoms with Gasteiger partial charge >= 0.3 is 0 Å². The smallest absolute Gasteiger partial charge is 0.143 e. The van der Waals surface area contributed by atoms with E-state index in [1.54, 1.807) is 19.2 Å². The summed E-state index contributed by atoms with van der Waals surface area (Å²) in [5, 5.41) is 15.8. The molecule has 0 radical (unpaired) electrons. The first-order valence-electron chi connectivity index (χ1n) is 6.88. The molecule has 0 spiro atoms. The Labute approximate surface area is 119 Å². The highest BCUT2D eigenvalue weighted by Crippen LogP contribution is 2.26. The number of morpholine rings is 1. The maximum atomic E-state index is 8.90. The molecule has 5 heteroatoms. The van der Waals surface area contributed by atoms with Crippen LogP contribution in [0.2, 0.25) is 0 Å². The van der Waals surface area contributed by atoms with Crippen LogP contribution in [0.4, 0.5) is 5.69 Å². The molecule has 2 unspecified atom stereocenters. The van der Waals surface area contributed by atoms with Crippen LogP contribution in [0, 0.1) is 11.3 Å². The van der Waals surface area contributed by atoms with E-state index in [-0.39, 0.29) is 6.04 Å². The van der Waals surface area contributed by atoms with E-state index in [0.717, 1.165) is 31.9 Å². The average Bonchev–Trinajstić information content (AvgIpc) is 2.48. The standard InChI is InChI=1S/C15H21N3O2/c1-11(7-13-10-20-6-5-17-13)18-14-4-3-12(9-16)8-15(14)19-2/h3-4,8,11,13,17-18H,5-7,10H2,1-2H3. The third-order valence-corrected chi connectivity index (χ3v) is 3.37. The first-order valence-corrected chi connectivity index (χ1v) is 6.88. The Morgan fingerprint density at radius 2 is 2.45 bits per heavy atom. The van der Waals surface area contributed by atoms with Gasteiger partial charge in [0.15, 0.2) is 0 Å². The molecule has 1 heterocycles. The Hall–Kier alpha value is -1.77. The number of rotatable bonds is 5. The maximum Gasteiger partial charge on any atom is 0.143 e. The van der Waals surface area contributed by atoms with Crippen LogP contribution >= 0.6 is 0 Å². The van der Waals surface area contributed by atoms with E-state index < -0.39 is 0 Å². The summed E-state index contributed by atoms with van der Waals surface area (Å²) in [4.78, 5) is 0. The van der Waals surface area contributed by atoms with Crippen molar-refractivity contribution in [3.05, 3.63) is 23.8 Å². The van der Waals surface area contributed by atoms with E-state index in [0.29, 0.717) is 17.4 Å². The largest absolute Gasteiger partial charge is 0.495 e. The molecule has 0 aliphatic carbocycles. The highest BCUT2D eigenvalue weighted by Gasteiger charge is 2.17. The molecule has 108 valence electrons. The quantitative estimate of drug-likeness (QED) is 0.857. The zero-order valence-electron chi connectivity index (χ0n) is 12.0. The lowest BCUT2D eigenvalue weighted by atomic mass is 10.1. The lowest BCUT2D eigenvalue weighted by Gasteiger charge is -2.27. The van der Waals surface area contributed by atoms with Crippen molar-refractivity contribution in [2.45, 2.75) is 25.4 Å². The lowest BCUT2D eigenvalue weighted by Crippen LogP contribution is -2.43. The van der Waals surface area contributed by atoms with Crippen molar-refractivity contribution in [1.82, 2.24) is 5.32 Å². The van der Waals surface area contributed by atoms with Crippen molar-refractivity contribution in [1.29, 1.82) is 5.26 Å². The Morgan fingerprint density at radius 1 is 1.60 bits per heavy atom. The van der Waals surface area contributed by atoms with Crippen molar-refractivity contribution in [2.24, 2.45) is 0 Å². The Balaban J connectivity index is 1.96. The second kappa shape index (κ2) is 7.13. The van der Waals surface area contributed by atoms with Crippen molar-refractivity contribution in [2.75, 3.05) is 32.2 Å². The van der Waals surface area contributed by atoms with Gasteiger partial charge in [0.1, 0.15) is 5.75 Å². The number of benzene rings is 1. The summed E-state index contributed by atoms with van der Waals surface area (Å²) < 4.78 is 10.8. The van der Waals surface area contributed by atoms with E-state index in [1.807, 2.05) is 6.07 Å². The van der Waals surface area contributed by atoms with Crippen LogP contribution in [-0.4, -0.2) is 39.0 Å². The Morgan fingerprint density at radius 3 is 3.10 bits per heavy atom. The number of anilines is 1. The number of nitrogens with zero attached hydrogens (tertiary/aromatic N) is 1. The highest BCUT2D eigenvalue weighted by atomic mass is 16.5. The summed E-state index contributed by atoms with van der Waals surface area (Å²) in [5.74, 6) is 0.698. The predicted octanol–water partition coefficient (Wildman–Crippen LogP) is 1.75. The molecule has 0 bridgehead atoms. The van der Waals surface area contributed by atoms with Gasteiger partial charge in [-0.3, -0.25) is 0 Å². The molecule has 1 saturated heterocycles. The average molecular weight is 275 g/mol. The number of nitriles is 1. The molecule has 0 saturated carbocycles. The van der Waals surface area contributed by atoms with Gasteiger partial charge in [-0.2, -0.15) is 5.26 Å². The van der Waals surface area contributed by atoms with Gasteiger partial charge in [0.05, 0.1) is 37.6 Å². The fourth-order valence-electron chi connectivity index (χ4n) is 2.40. The first-order chi connectivity index (χ1) is 9.72. The second-order valence-electron chi connectivity index (χ2n) is 5.03. The summed E-state index contributed by atoms with van der Waals surface area (Å²) in [6.45, 7) is 4.60. The highest BCUT2D eigenvalue weighted by molar-refractivity contribution is 5.59. The van der Waals surface area contributed by atoms with Gasteiger partial charge in [0.25, 0.3) is 0 Å². The van der Waals surface area contributed by atoms with Gasteiger partial charge in [-0.1, -0.05) is 0 Å². The van der Waals surface area contributed by atoms with Gasteiger partial charge < -0.3 is 20.1 Å². The fraction of sp³-hybridized carbons (Fsp3) is 0.533. The minimum atomic E-state index is 0.288. The van der Waals surface area contributed by atoms with Crippen molar-refractivity contribution >= 4 is 5.69 Å². The van der Waals surface area contributed by atoms with Crippen LogP contribution in [0.25, 0.3) is 0 Å². The molecule has 0 aromatic heterocycles. The van der Waals surface area contributed by atoms with E-state index in [1.165, 1.54) is 0 Å². The molecular formula is C15H21N3O2. The van der Waals surface area contributed by atoms with Crippen LogP contribution in [0.3, 0.4) is 0 Å². The van der Waals surface area contributed by atoms with Crippen molar-refractivity contribution in [3.8, 4) is 11.8 Å². The summed E-state index contributed by atoms with van der Waals surface area (Å²) >= 11 is 0. The third-order valence-electron chi connectivity index (χ3n) is 3.37. The van der Waals surface area contributed by atoms with Crippen LogP contribution in [0.5, 0.6) is 5.75 Å². The minimum Gasteiger partial charge on any atom is -0.495 e. The van der Waals surface area contributed by atoms with Crippen LogP contribution in [0.1, 0.15) is 18.9 Å². The topological polar surface area (TPSA) is 66.3 Å². The van der Waals surface area contributed by atoms with Crippen molar-refractivity contribution < 1.29 is 9.47 Å². The summed E-state index contributed by atoms with van der Waals surface area (Å²) in [6.07, 6.45) is 0.975. The molecule has 0 amide bonds.